The maximum atomic E-state index is 5.69. The Morgan fingerprint density at radius 1 is 1.11 bits per heavy atom. The number of anilines is 1. The average Bonchev–Trinajstić information content (AvgIpc) is 3.19. The third kappa shape index (κ3) is 6.29. The summed E-state index contributed by atoms with van der Waals surface area (Å²) in [5.74, 6) is 2.39. The SMILES string of the molecule is CCOc1ccccc1CNC(=NC)NCC1CCN(c2ccccc2)C1.I. The molecule has 1 unspecified atom stereocenters. The zero-order valence-corrected chi connectivity index (χ0v) is 19.1. The molecule has 0 bridgehead atoms. The summed E-state index contributed by atoms with van der Waals surface area (Å²) >= 11 is 0. The predicted molar refractivity (Wildman–Crippen MR) is 128 cm³/mol. The molecule has 1 saturated heterocycles. The van der Waals surface area contributed by atoms with E-state index in [0.29, 0.717) is 19.1 Å². The summed E-state index contributed by atoms with van der Waals surface area (Å²) in [6.45, 7) is 6.49. The van der Waals surface area contributed by atoms with E-state index in [2.05, 4.69) is 56.9 Å². The van der Waals surface area contributed by atoms with Gasteiger partial charge in [-0.1, -0.05) is 36.4 Å². The summed E-state index contributed by atoms with van der Waals surface area (Å²) in [5.41, 5.74) is 2.45. The van der Waals surface area contributed by atoms with Gasteiger partial charge in [-0.15, -0.1) is 24.0 Å². The number of aliphatic imine (C=N–C) groups is 1. The van der Waals surface area contributed by atoms with E-state index < -0.39 is 0 Å². The molecule has 0 saturated carbocycles. The summed E-state index contributed by atoms with van der Waals surface area (Å²) in [6.07, 6.45) is 1.20. The third-order valence-electron chi connectivity index (χ3n) is 4.91. The fraction of sp³-hybridized carbons (Fsp3) is 0.409. The van der Waals surface area contributed by atoms with Crippen LogP contribution in [0.15, 0.2) is 59.6 Å². The van der Waals surface area contributed by atoms with E-state index >= 15 is 0 Å². The van der Waals surface area contributed by atoms with Crippen molar-refractivity contribution in [1.29, 1.82) is 0 Å². The number of nitrogens with zero attached hydrogens (tertiary/aromatic N) is 2. The Morgan fingerprint density at radius 2 is 1.86 bits per heavy atom. The van der Waals surface area contributed by atoms with Crippen LogP contribution in [0.4, 0.5) is 5.69 Å². The molecule has 0 aromatic heterocycles. The minimum absolute atomic E-state index is 0. The van der Waals surface area contributed by atoms with Crippen molar-refractivity contribution < 1.29 is 4.74 Å². The van der Waals surface area contributed by atoms with Crippen LogP contribution in [-0.2, 0) is 6.54 Å². The van der Waals surface area contributed by atoms with Gasteiger partial charge in [0.05, 0.1) is 6.61 Å². The standard InChI is InChI=1S/C22H30N4O.HI/c1-3-27-21-12-8-7-9-19(21)16-25-22(23-2)24-15-18-13-14-26(17-18)20-10-5-4-6-11-20;/h4-12,18H,3,13-17H2,1-2H3,(H2,23,24,25);1H. The van der Waals surface area contributed by atoms with E-state index in [1.54, 1.807) is 0 Å². The Morgan fingerprint density at radius 3 is 2.61 bits per heavy atom. The first kappa shape index (κ1) is 22.3. The maximum absolute atomic E-state index is 5.69. The van der Waals surface area contributed by atoms with Crippen molar-refractivity contribution in [1.82, 2.24) is 10.6 Å². The highest BCUT2D eigenvalue weighted by Crippen LogP contribution is 2.23. The second kappa shape index (κ2) is 11.8. The number of rotatable bonds is 7. The van der Waals surface area contributed by atoms with Gasteiger partial charge in [-0.05, 0) is 37.5 Å². The lowest BCUT2D eigenvalue weighted by Crippen LogP contribution is -2.40. The van der Waals surface area contributed by atoms with Crippen molar-refractivity contribution in [3.05, 3.63) is 60.2 Å². The highest BCUT2D eigenvalue weighted by atomic mass is 127. The Hall–Kier alpha value is -1.96. The van der Waals surface area contributed by atoms with Gasteiger partial charge in [-0.3, -0.25) is 4.99 Å². The van der Waals surface area contributed by atoms with E-state index in [-0.39, 0.29) is 24.0 Å². The topological polar surface area (TPSA) is 48.9 Å². The summed E-state index contributed by atoms with van der Waals surface area (Å²) in [7, 11) is 1.81. The molecule has 1 atom stereocenters. The number of nitrogens with one attached hydrogen (secondary N) is 2. The first-order valence-corrected chi connectivity index (χ1v) is 9.75. The molecule has 1 aliphatic heterocycles. The lowest BCUT2D eigenvalue weighted by atomic mass is 10.1. The summed E-state index contributed by atoms with van der Waals surface area (Å²) < 4.78 is 5.69. The van der Waals surface area contributed by atoms with Crippen LogP contribution in [0.3, 0.4) is 0 Å². The average molecular weight is 494 g/mol. The molecule has 1 fully saturated rings. The Balaban J connectivity index is 0.00000280. The molecule has 2 aromatic rings. The lowest BCUT2D eigenvalue weighted by molar-refractivity contribution is 0.336. The van der Waals surface area contributed by atoms with Crippen LogP contribution in [0.1, 0.15) is 18.9 Å². The molecule has 2 aromatic carbocycles. The summed E-state index contributed by atoms with van der Waals surface area (Å²) in [4.78, 5) is 6.82. The number of ether oxygens (including phenoxy) is 1. The van der Waals surface area contributed by atoms with Crippen LogP contribution in [-0.4, -0.2) is 39.2 Å². The highest BCUT2D eigenvalue weighted by molar-refractivity contribution is 14.0. The van der Waals surface area contributed by atoms with E-state index in [9.17, 15) is 0 Å². The zero-order valence-electron chi connectivity index (χ0n) is 16.7. The second-order valence-corrected chi connectivity index (χ2v) is 6.78. The molecule has 0 radical (unpaired) electrons. The van der Waals surface area contributed by atoms with Gasteiger partial charge in [0.2, 0.25) is 0 Å². The number of benzene rings is 2. The van der Waals surface area contributed by atoms with Crippen LogP contribution < -0.4 is 20.3 Å². The quantitative estimate of drug-likeness (QED) is 0.349. The van der Waals surface area contributed by atoms with Crippen LogP contribution in [0, 0.1) is 5.92 Å². The molecule has 6 heteroatoms. The van der Waals surface area contributed by atoms with Crippen molar-refractivity contribution in [3.63, 3.8) is 0 Å². The van der Waals surface area contributed by atoms with Crippen LogP contribution in [0.5, 0.6) is 5.75 Å². The predicted octanol–water partition coefficient (Wildman–Crippen LogP) is 3.89. The number of halogens is 1. The minimum atomic E-state index is 0. The van der Waals surface area contributed by atoms with Crippen molar-refractivity contribution in [2.75, 3.05) is 38.2 Å². The van der Waals surface area contributed by atoms with Crippen LogP contribution >= 0.6 is 24.0 Å². The van der Waals surface area contributed by atoms with Gasteiger partial charge in [0.15, 0.2) is 5.96 Å². The number of guanidine groups is 1. The van der Waals surface area contributed by atoms with Gasteiger partial charge in [0.25, 0.3) is 0 Å². The van der Waals surface area contributed by atoms with Crippen molar-refractivity contribution in [2.24, 2.45) is 10.9 Å². The molecular weight excluding hydrogens is 463 g/mol. The molecule has 0 amide bonds. The lowest BCUT2D eigenvalue weighted by Gasteiger charge is -2.19. The van der Waals surface area contributed by atoms with Gasteiger partial charge in [0.1, 0.15) is 5.75 Å². The third-order valence-corrected chi connectivity index (χ3v) is 4.91. The summed E-state index contributed by atoms with van der Waals surface area (Å²) in [5, 5.41) is 6.87. The van der Waals surface area contributed by atoms with E-state index in [4.69, 9.17) is 4.74 Å². The molecule has 0 spiro atoms. The molecule has 1 heterocycles. The molecule has 2 N–H and O–H groups in total. The Bertz CT molecular complexity index is 738. The smallest absolute Gasteiger partial charge is 0.191 e. The molecule has 1 aliphatic rings. The van der Waals surface area contributed by atoms with Crippen LogP contribution in [0.25, 0.3) is 0 Å². The molecule has 152 valence electrons. The number of para-hydroxylation sites is 2. The van der Waals surface area contributed by atoms with Gasteiger partial charge in [0, 0.05) is 44.5 Å². The maximum Gasteiger partial charge on any atom is 0.191 e. The van der Waals surface area contributed by atoms with Crippen molar-refractivity contribution in [2.45, 2.75) is 19.9 Å². The molecule has 3 rings (SSSR count). The van der Waals surface area contributed by atoms with E-state index in [1.807, 2.05) is 32.2 Å². The first-order chi connectivity index (χ1) is 13.3. The fourth-order valence-corrected chi connectivity index (χ4v) is 3.46. The number of hydrogen-bond donors (Lipinski definition) is 2. The molecule has 28 heavy (non-hydrogen) atoms. The van der Waals surface area contributed by atoms with Gasteiger partial charge in [-0.25, -0.2) is 0 Å². The summed E-state index contributed by atoms with van der Waals surface area (Å²) in [6, 6.07) is 18.8. The van der Waals surface area contributed by atoms with Crippen LogP contribution in [0.2, 0.25) is 0 Å². The Kier molecular flexibility index (Phi) is 9.40. The first-order valence-electron chi connectivity index (χ1n) is 9.75. The van der Waals surface area contributed by atoms with E-state index in [1.165, 1.54) is 12.1 Å². The van der Waals surface area contributed by atoms with Gasteiger partial charge in [-0.2, -0.15) is 0 Å². The molecular formula is C22H31IN4O. The molecule has 5 nitrogen and oxygen atoms in total. The van der Waals surface area contributed by atoms with Crippen molar-refractivity contribution in [3.8, 4) is 5.75 Å². The van der Waals surface area contributed by atoms with Crippen molar-refractivity contribution >= 4 is 35.6 Å². The fourth-order valence-electron chi connectivity index (χ4n) is 3.46. The van der Waals surface area contributed by atoms with Gasteiger partial charge < -0.3 is 20.3 Å². The minimum Gasteiger partial charge on any atom is -0.494 e. The Labute approximate surface area is 185 Å². The normalized spacial score (nSPS) is 16.4. The monoisotopic (exact) mass is 494 g/mol. The van der Waals surface area contributed by atoms with E-state index in [0.717, 1.165) is 36.9 Å². The zero-order chi connectivity index (χ0) is 18.9. The molecule has 0 aliphatic carbocycles. The second-order valence-electron chi connectivity index (χ2n) is 6.78. The van der Waals surface area contributed by atoms with Gasteiger partial charge >= 0.3 is 0 Å². The largest absolute Gasteiger partial charge is 0.494 e. The number of hydrogen-bond acceptors (Lipinski definition) is 3. The highest BCUT2D eigenvalue weighted by Gasteiger charge is 2.22.